The molecule has 1 aromatic carbocycles. The SMILES string of the molecule is Clc1cncc(NCc2ccc3nccnc3c2)c1. The summed E-state index contributed by atoms with van der Waals surface area (Å²) in [5.74, 6) is 0. The van der Waals surface area contributed by atoms with Crippen molar-refractivity contribution < 1.29 is 0 Å². The van der Waals surface area contributed by atoms with Gasteiger partial charge in [-0.05, 0) is 23.8 Å². The van der Waals surface area contributed by atoms with E-state index in [4.69, 9.17) is 11.6 Å². The molecule has 0 aliphatic heterocycles. The summed E-state index contributed by atoms with van der Waals surface area (Å²) < 4.78 is 0. The molecule has 0 aliphatic carbocycles. The summed E-state index contributed by atoms with van der Waals surface area (Å²) in [6.07, 6.45) is 6.74. The Labute approximate surface area is 115 Å². The number of hydrogen-bond acceptors (Lipinski definition) is 4. The molecule has 0 aliphatic rings. The van der Waals surface area contributed by atoms with E-state index < -0.39 is 0 Å². The average molecular weight is 271 g/mol. The van der Waals surface area contributed by atoms with Crippen molar-refractivity contribution in [3.63, 3.8) is 0 Å². The van der Waals surface area contributed by atoms with Gasteiger partial charge in [0.1, 0.15) is 0 Å². The monoisotopic (exact) mass is 270 g/mol. The number of rotatable bonds is 3. The van der Waals surface area contributed by atoms with Crippen LogP contribution in [0.15, 0.2) is 49.1 Å². The highest BCUT2D eigenvalue weighted by atomic mass is 35.5. The molecule has 94 valence electrons. The van der Waals surface area contributed by atoms with Gasteiger partial charge in [0.15, 0.2) is 0 Å². The van der Waals surface area contributed by atoms with Crippen molar-refractivity contribution in [1.82, 2.24) is 15.0 Å². The van der Waals surface area contributed by atoms with E-state index in [0.29, 0.717) is 11.6 Å². The Kier molecular flexibility index (Phi) is 3.25. The lowest BCUT2D eigenvalue weighted by atomic mass is 10.2. The second-order valence-corrected chi connectivity index (χ2v) is 4.56. The number of halogens is 1. The first-order valence-electron chi connectivity index (χ1n) is 5.85. The van der Waals surface area contributed by atoms with Crippen LogP contribution in [0.4, 0.5) is 5.69 Å². The van der Waals surface area contributed by atoms with Crippen molar-refractivity contribution in [1.29, 1.82) is 0 Å². The van der Waals surface area contributed by atoms with E-state index in [1.54, 1.807) is 24.8 Å². The van der Waals surface area contributed by atoms with Crippen molar-refractivity contribution >= 4 is 28.3 Å². The van der Waals surface area contributed by atoms with Gasteiger partial charge in [0.05, 0.1) is 27.9 Å². The van der Waals surface area contributed by atoms with Gasteiger partial charge in [0.25, 0.3) is 0 Å². The normalized spacial score (nSPS) is 10.6. The van der Waals surface area contributed by atoms with Gasteiger partial charge in [-0.2, -0.15) is 0 Å². The third-order valence-electron chi connectivity index (χ3n) is 2.74. The van der Waals surface area contributed by atoms with Crippen LogP contribution in [0.1, 0.15) is 5.56 Å². The van der Waals surface area contributed by atoms with Crippen LogP contribution in [0.5, 0.6) is 0 Å². The summed E-state index contributed by atoms with van der Waals surface area (Å²) >= 11 is 5.88. The second kappa shape index (κ2) is 5.20. The Hall–Kier alpha value is -2.20. The van der Waals surface area contributed by atoms with Crippen LogP contribution < -0.4 is 5.32 Å². The van der Waals surface area contributed by atoms with E-state index in [1.807, 2.05) is 24.3 Å². The van der Waals surface area contributed by atoms with Gasteiger partial charge in [-0.1, -0.05) is 17.7 Å². The smallest absolute Gasteiger partial charge is 0.0890 e. The zero-order chi connectivity index (χ0) is 13.1. The van der Waals surface area contributed by atoms with Gasteiger partial charge >= 0.3 is 0 Å². The highest BCUT2D eigenvalue weighted by Crippen LogP contribution is 2.15. The number of aromatic nitrogens is 3. The first-order chi connectivity index (χ1) is 9.31. The van der Waals surface area contributed by atoms with E-state index in [0.717, 1.165) is 22.3 Å². The summed E-state index contributed by atoms with van der Waals surface area (Å²) in [5, 5.41) is 3.89. The fourth-order valence-electron chi connectivity index (χ4n) is 1.83. The van der Waals surface area contributed by atoms with Crippen LogP contribution in [0, 0.1) is 0 Å². The molecular weight excluding hydrogens is 260 g/mol. The Bertz CT molecular complexity index is 714. The largest absolute Gasteiger partial charge is 0.380 e. The van der Waals surface area contributed by atoms with Gasteiger partial charge in [-0.3, -0.25) is 15.0 Å². The molecule has 0 atom stereocenters. The first kappa shape index (κ1) is 11.9. The molecule has 3 rings (SSSR count). The topological polar surface area (TPSA) is 50.7 Å². The number of nitrogens with zero attached hydrogens (tertiary/aromatic N) is 3. The molecular formula is C14H11ClN4. The van der Waals surface area contributed by atoms with E-state index >= 15 is 0 Å². The van der Waals surface area contributed by atoms with Crippen LogP contribution in [0.2, 0.25) is 5.02 Å². The van der Waals surface area contributed by atoms with E-state index in [9.17, 15) is 0 Å². The summed E-state index contributed by atoms with van der Waals surface area (Å²) in [4.78, 5) is 12.6. The molecule has 2 heterocycles. The number of benzene rings is 1. The second-order valence-electron chi connectivity index (χ2n) is 4.12. The molecule has 2 aromatic heterocycles. The van der Waals surface area contributed by atoms with Crippen molar-refractivity contribution in [3.05, 3.63) is 59.6 Å². The number of hydrogen-bond donors (Lipinski definition) is 1. The maximum atomic E-state index is 5.88. The van der Waals surface area contributed by atoms with E-state index in [2.05, 4.69) is 20.3 Å². The van der Waals surface area contributed by atoms with Gasteiger partial charge in [0.2, 0.25) is 0 Å². The Morgan fingerprint density at radius 3 is 2.68 bits per heavy atom. The molecule has 0 spiro atoms. The number of anilines is 1. The zero-order valence-electron chi connectivity index (χ0n) is 10.0. The van der Waals surface area contributed by atoms with Gasteiger partial charge in [0, 0.05) is 25.1 Å². The average Bonchev–Trinajstić information content (AvgIpc) is 2.45. The minimum Gasteiger partial charge on any atom is -0.380 e. The van der Waals surface area contributed by atoms with Gasteiger partial charge in [-0.15, -0.1) is 0 Å². The lowest BCUT2D eigenvalue weighted by molar-refractivity contribution is 1.14. The fourth-order valence-corrected chi connectivity index (χ4v) is 2.01. The van der Waals surface area contributed by atoms with E-state index in [1.165, 1.54) is 0 Å². The highest BCUT2D eigenvalue weighted by molar-refractivity contribution is 6.30. The predicted octanol–water partition coefficient (Wildman–Crippen LogP) is 3.29. The molecule has 0 amide bonds. The maximum Gasteiger partial charge on any atom is 0.0890 e. The molecule has 4 nitrogen and oxygen atoms in total. The minimum absolute atomic E-state index is 0.620. The van der Waals surface area contributed by atoms with Crippen molar-refractivity contribution in [3.8, 4) is 0 Å². The van der Waals surface area contributed by atoms with Crippen LogP contribution in [-0.4, -0.2) is 15.0 Å². The lowest BCUT2D eigenvalue weighted by Gasteiger charge is -2.07. The molecule has 0 saturated heterocycles. The van der Waals surface area contributed by atoms with Crippen LogP contribution in [0.3, 0.4) is 0 Å². The Morgan fingerprint density at radius 2 is 1.84 bits per heavy atom. The third-order valence-corrected chi connectivity index (χ3v) is 2.94. The quantitative estimate of drug-likeness (QED) is 0.793. The zero-order valence-corrected chi connectivity index (χ0v) is 10.8. The summed E-state index contributed by atoms with van der Waals surface area (Å²) in [6.45, 7) is 0.689. The highest BCUT2D eigenvalue weighted by Gasteiger charge is 1.99. The lowest BCUT2D eigenvalue weighted by Crippen LogP contribution is -2.00. The molecule has 0 unspecified atom stereocenters. The molecule has 3 aromatic rings. The van der Waals surface area contributed by atoms with Crippen LogP contribution in [0.25, 0.3) is 11.0 Å². The summed E-state index contributed by atoms with van der Waals surface area (Å²) in [6, 6.07) is 7.86. The van der Waals surface area contributed by atoms with Crippen LogP contribution >= 0.6 is 11.6 Å². The van der Waals surface area contributed by atoms with Gasteiger partial charge in [-0.25, -0.2) is 0 Å². The molecule has 0 fully saturated rings. The summed E-state index contributed by atoms with van der Waals surface area (Å²) in [7, 11) is 0. The third kappa shape index (κ3) is 2.80. The molecule has 0 radical (unpaired) electrons. The minimum atomic E-state index is 0.620. The van der Waals surface area contributed by atoms with Crippen molar-refractivity contribution in [2.24, 2.45) is 0 Å². The molecule has 5 heteroatoms. The maximum absolute atomic E-state index is 5.88. The fraction of sp³-hybridized carbons (Fsp3) is 0.0714. The number of nitrogens with one attached hydrogen (secondary N) is 1. The molecule has 0 saturated carbocycles. The van der Waals surface area contributed by atoms with Crippen LogP contribution in [-0.2, 0) is 6.54 Å². The number of pyridine rings is 1. The summed E-state index contributed by atoms with van der Waals surface area (Å²) in [5.41, 5.74) is 3.82. The van der Waals surface area contributed by atoms with Gasteiger partial charge < -0.3 is 5.32 Å². The Balaban J connectivity index is 1.78. The molecule has 0 bridgehead atoms. The molecule has 1 N–H and O–H groups in total. The Morgan fingerprint density at radius 1 is 1.00 bits per heavy atom. The van der Waals surface area contributed by atoms with Crippen molar-refractivity contribution in [2.45, 2.75) is 6.54 Å². The standard InChI is InChI=1S/C14H11ClN4/c15-11-6-12(9-16-8-11)19-7-10-1-2-13-14(5-10)18-4-3-17-13/h1-6,8-9,19H,7H2. The van der Waals surface area contributed by atoms with Crippen molar-refractivity contribution in [2.75, 3.05) is 5.32 Å². The predicted molar refractivity (Wildman–Crippen MR) is 76.1 cm³/mol. The number of fused-ring (bicyclic) bond motifs is 1. The first-order valence-corrected chi connectivity index (χ1v) is 6.23. The van der Waals surface area contributed by atoms with E-state index in [-0.39, 0.29) is 0 Å². The molecule has 19 heavy (non-hydrogen) atoms.